The van der Waals surface area contributed by atoms with Gasteiger partial charge in [0.15, 0.2) is 0 Å². The second-order valence-electron chi connectivity index (χ2n) is 3.92. The molecule has 0 aliphatic heterocycles. The second-order valence-corrected chi connectivity index (χ2v) is 3.92. The highest BCUT2D eigenvalue weighted by Crippen LogP contribution is 2.18. The summed E-state index contributed by atoms with van der Waals surface area (Å²) < 4.78 is 0. The number of aryl methyl sites for hydroxylation is 1. The van der Waals surface area contributed by atoms with Gasteiger partial charge in [0.25, 0.3) is 0 Å². The van der Waals surface area contributed by atoms with Crippen LogP contribution in [0.25, 0.3) is 11.1 Å². The maximum Gasteiger partial charge on any atom is 0.0373 e. The summed E-state index contributed by atoms with van der Waals surface area (Å²) in [4.78, 5) is 4.30. The van der Waals surface area contributed by atoms with Gasteiger partial charge < -0.3 is 5.32 Å². The Balaban J connectivity index is 2.24. The monoisotopic (exact) mass is 212 g/mol. The Kier molecular flexibility index (Phi) is 3.32. The van der Waals surface area contributed by atoms with Gasteiger partial charge in [-0.3, -0.25) is 4.98 Å². The van der Waals surface area contributed by atoms with Crippen molar-refractivity contribution in [3.8, 4) is 11.1 Å². The van der Waals surface area contributed by atoms with Crippen LogP contribution in [0.1, 0.15) is 11.3 Å². The van der Waals surface area contributed by atoms with E-state index in [1.807, 2.05) is 26.2 Å². The molecule has 1 aromatic heterocycles. The molecule has 82 valence electrons. The third kappa shape index (κ3) is 2.47. The zero-order valence-electron chi connectivity index (χ0n) is 9.70. The molecule has 1 heterocycles. The van der Waals surface area contributed by atoms with Crippen LogP contribution in [-0.2, 0) is 6.54 Å². The normalized spacial score (nSPS) is 10.4. The number of nitrogens with zero attached hydrogens (tertiary/aromatic N) is 1. The maximum absolute atomic E-state index is 4.30. The number of nitrogens with one attached hydrogen (secondary N) is 1. The Morgan fingerprint density at radius 3 is 2.25 bits per heavy atom. The van der Waals surface area contributed by atoms with Crippen molar-refractivity contribution in [2.45, 2.75) is 13.5 Å². The molecule has 16 heavy (non-hydrogen) atoms. The van der Waals surface area contributed by atoms with Crippen molar-refractivity contribution in [1.82, 2.24) is 10.3 Å². The minimum atomic E-state index is 0.909. The van der Waals surface area contributed by atoms with E-state index in [1.165, 1.54) is 16.7 Å². The van der Waals surface area contributed by atoms with E-state index in [0.717, 1.165) is 12.2 Å². The van der Waals surface area contributed by atoms with E-state index in [0.29, 0.717) is 0 Å². The fraction of sp³-hybridized carbons (Fsp3) is 0.214. The number of pyridine rings is 1. The SMILES string of the molecule is CNCc1ccc(-c2ccc(C)nc2)cc1. The fourth-order valence-electron chi connectivity index (χ4n) is 1.66. The highest BCUT2D eigenvalue weighted by molar-refractivity contribution is 5.62. The highest BCUT2D eigenvalue weighted by atomic mass is 14.8. The van der Waals surface area contributed by atoms with Gasteiger partial charge in [-0.1, -0.05) is 30.3 Å². The van der Waals surface area contributed by atoms with Gasteiger partial charge in [0.1, 0.15) is 0 Å². The number of aromatic nitrogens is 1. The molecule has 1 aromatic carbocycles. The van der Waals surface area contributed by atoms with E-state index in [-0.39, 0.29) is 0 Å². The van der Waals surface area contributed by atoms with Gasteiger partial charge in [-0.25, -0.2) is 0 Å². The first-order chi connectivity index (χ1) is 7.79. The number of hydrogen-bond acceptors (Lipinski definition) is 2. The Bertz CT molecular complexity index is 443. The van der Waals surface area contributed by atoms with Gasteiger partial charge in [-0.2, -0.15) is 0 Å². The lowest BCUT2D eigenvalue weighted by Gasteiger charge is -2.04. The largest absolute Gasteiger partial charge is 0.316 e. The molecule has 2 nitrogen and oxygen atoms in total. The topological polar surface area (TPSA) is 24.9 Å². The molecule has 1 N–H and O–H groups in total. The predicted octanol–water partition coefficient (Wildman–Crippen LogP) is 2.78. The Morgan fingerprint density at radius 2 is 1.69 bits per heavy atom. The van der Waals surface area contributed by atoms with Crippen molar-refractivity contribution < 1.29 is 0 Å². The number of hydrogen-bond donors (Lipinski definition) is 1. The van der Waals surface area contributed by atoms with Gasteiger partial charge in [-0.15, -0.1) is 0 Å². The Labute approximate surface area is 96.4 Å². The van der Waals surface area contributed by atoms with E-state index in [2.05, 4.69) is 40.6 Å². The molecule has 0 aliphatic carbocycles. The summed E-state index contributed by atoms with van der Waals surface area (Å²) >= 11 is 0. The molecule has 0 atom stereocenters. The summed E-state index contributed by atoms with van der Waals surface area (Å²) in [5.41, 5.74) is 4.73. The molecule has 0 fully saturated rings. The van der Waals surface area contributed by atoms with E-state index in [4.69, 9.17) is 0 Å². The molecule has 2 aromatic rings. The Hall–Kier alpha value is -1.67. The smallest absolute Gasteiger partial charge is 0.0373 e. The van der Waals surface area contributed by atoms with Crippen molar-refractivity contribution in [3.63, 3.8) is 0 Å². The molecule has 2 rings (SSSR count). The van der Waals surface area contributed by atoms with Crippen LogP contribution in [0, 0.1) is 6.92 Å². The third-order valence-electron chi connectivity index (χ3n) is 2.58. The molecule has 2 heteroatoms. The molecule has 0 saturated heterocycles. The van der Waals surface area contributed by atoms with Crippen LogP contribution < -0.4 is 5.32 Å². The van der Waals surface area contributed by atoms with Crippen molar-refractivity contribution in [1.29, 1.82) is 0 Å². The lowest BCUT2D eigenvalue weighted by Crippen LogP contribution is -2.04. The molecule has 0 bridgehead atoms. The first-order valence-corrected chi connectivity index (χ1v) is 5.46. The highest BCUT2D eigenvalue weighted by Gasteiger charge is 1.98. The van der Waals surface area contributed by atoms with Crippen molar-refractivity contribution in [3.05, 3.63) is 53.9 Å². The molecular formula is C14H16N2. The molecular weight excluding hydrogens is 196 g/mol. The third-order valence-corrected chi connectivity index (χ3v) is 2.58. The number of benzene rings is 1. The van der Waals surface area contributed by atoms with Gasteiger partial charge in [0, 0.05) is 24.0 Å². The van der Waals surface area contributed by atoms with Gasteiger partial charge in [-0.05, 0) is 31.2 Å². The van der Waals surface area contributed by atoms with E-state index < -0.39 is 0 Å². The first kappa shape index (κ1) is 10.8. The molecule has 0 radical (unpaired) electrons. The summed E-state index contributed by atoms with van der Waals surface area (Å²) in [5.74, 6) is 0. The fourth-order valence-corrected chi connectivity index (χ4v) is 1.66. The summed E-state index contributed by atoms with van der Waals surface area (Å²) in [7, 11) is 1.96. The van der Waals surface area contributed by atoms with Crippen LogP contribution in [0.4, 0.5) is 0 Å². The molecule has 0 spiro atoms. The van der Waals surface area contributed by atoms with Crippen LogP contribution in [-0.4, -0.2) is 12.0 Å². The van der Waals surface area contributed by atoms with E-state index >= 15 is 0 Å². The second kappa shape index (κ2) is 4.90. The summed E-state index contributed by atoms with van der Waals surface area (Å²) in [5, 5.41) is 3.14. The quantitative estimate of drug-likeness (QED) is 0.846. The molecule has 0 aliphatic rings. The van der Waals surface area contributed by atoms with Crippen LogP contribution in [0.5, 0.6) is 0 Å². The lowest BCUT2D eigenvalue weighted by atomic mass is 10.1. The van der Waals surface area contributed by atoms with Crippen LogP contribution in [0.2, 0.25) is 0 Å². The Morgan fingerprint density at radius 1 is 1.00 bits per heavy atom. The van der Waals surface area contributed by atoms with Crippen LogP contribution >= 0.6 is 0 Å². The van der Waals surface area contributed by atoms with Crippen molar-refractivity contribution in [2.24, 2.45) is 0 Å². The predicted molar refractivity (Wildman–Crippen MR) is 67.2 cm³/mol. The summed E-state index contributed by atoms with van der Waals surface area (Å²) in [6.07, 6.45) is 1.92. The van der Waals surface area contributed by atoms with Crippen molar-refractivity contribution in [2.75, 3.05) is 7.05 Å². The number of rotatable bonds is 3. The average Bonchev–Trinajstić information content (AvgIpc) is 2.32. The van der Waals surface area contributed by atoms with E-state index in [1.54, 1.807) is 0 Å². The van der Waals surface area contributed by atoms with Gasteiger partial charge in [0.05, 0.1) is 0 Å². The summed E-state index contributed by atoms with van der Waals surface area (Å²) in [6, 6.07) is 12.7. The van der Waals surface area contributed by atoms with E-state index in [9.17, 15) is 0 Å². The van der Waals surface area contributed by atoms with Gasteiger partial charge in [0.2, 0.25) is 0 Å². The van der Waals surface area contributed by atoms with Crippen LogP contribution in [0.15, 0.2) is 42.6 Å². The maximum atomic E-state index is 4.30. The molecule has 0 saturated carbocycles. The van der Waals surface area contributed by atoms with Gasteiger partial charge >= 0.3 is 0 Å². The minimum absolute atomic E-state index is 0.909. The zero-order chi connectivity index (χ0) is 11.4. The first-order valence-electron chi connectivity index (χ1n) is 5.46. The zero-order valence-corrected chi connectivity index (χ0v) is 9.70. The van der Waals surface area contributed by atoms with Crippen molar-refractivity contribution >= 4 is 0 Å². The standard InChI is InChI=1S/C14H16N2/c1-11-3-6-14(10-16-11)13-7-4-12(5-8-13)9-15-2/h3-8,10,15H,9H2,1-2H3. The minimum Gasteiger partial charge on any atom is -0.316 e. The lowest BCUT2D eigenvalue weighted by molar-refractivity contribution is 0.818. The van der Waals surface area contributed by atoms with Crippen LogP contribution in [0.3, 0.4) is 0 Å². The summed E-state index contributed by atoms with van der Waals surface area (Å²) in [6.45, 7) is 2.91. The molecule has 0 amide bonds. The molecule has 0 unspecified atom stereocenters. The average molecular weight is 212 g/mol.